The molecule has 1 aromatic carbocycles. The van der Waals surface area contributed by atoms with Gasteiger partial charge in [0.15, 0.2) is 16.4 Å². The molecule has 0 aromatic heterocycles. The van der Waals surface area contributed by atoms with Gasteiger partial charge in [0.1, 0.15) is 5.75 Å². The van der Waals surface area contributed by atoms with Crippen molar-refractivity contribution >= 4 is 33.0 Å². The summed E-state index contributed by atoms with van der Waals surface area (Å²) in [5, 5.41) is 13.3. The van der Waals surface area contributed by atoms with E-state index in [-0.39, 0.29) is 34.6 Å². The second kappa shape index (κ2) is 6.32. The molecule has 0 unspecified atom stereocenters. The van der Waals surface area contributed by atoms with Crippen molar-refractivity contribution in [3.05, 3.63) is 33.3 Å². The SMILES string of the molecule is C[C@@]1(NC(=O)COc2ccc([N+](=O)[O-])cc2Cl)CCS(=O)(=O)C1. The van der Waals surface area contributed by atoms with E-state index < -0.39 is 26.2 Å². The van der Waals surface area contributed by atoms with Crippen molar-refractivity contribution in [3.63, 3.8) is 0 Å². The molecule has 0 bridgehead atoms. The Kier molecular flexibility index (Phi) is 4.81. The molecule has 1 fully saturated rings. The Morgan fingerprint density at radius 3 is 2.74 bits per heavy atom. The third-order valence-corrected chi connectivity index (χ3v) is 5.63. The van der Waals surface area contributed by atoms with E-state index in [2.05, 4.69) is 5.32 Å². The van der Waals surface area contributed by atoms with Gasteiger partial charge in [-0.05, 0) is 19.4 Å². The van der Waals surface area contributed by atoms with E-state index in [0.717, 1.165) is 6.07 Å². The topological polar surface area (TPSA) is 116 Å². The summed E-state index contributed by atoms with van der Waals surface area (Å²) in [4.78, 5) is 21.9. The molecule has 23 heavy (non-hydrogen) atoms. The first-order valence-electron chi connectivity index (χ1n) is 6.68. The molecule has 1 aromatic rings. The number of rotatable bonds is 5. The minimum Gasteiger partial charge on any atom is -0.482 e. The number of nitro benzene ring substituents is 1. The average Bonchev–Trinajstić information content (AvgIpc) is 2.70. The van der Waals surface area contributed by atoms with Crippen LogP contribution in [0.25, 0.3) is 0 Å². The van der Waals surface area contributed by atoms with Gasteiger partial charge in [-0.2, -0.15) is 0 Å². The van der Waals surface area contributed by atoms with E-state index in [4.69, 9.17) is 16.3 Å². The van der Waals surface area contributed by atoms with Gasteiger partial charge in [0, 0.05) is 12.1 Å². The second-order valence-electron chi connectivity index (χ2n) is 5.61. The van der Waals surface area contributed by atoms with Crippen LogP contribution in [0.4, 0.5) is 5.69 Å². The van der Waals surface area contributed by atoms with Crippen LogP contribution in [0.3, 0.4) is 0 Å². The summed E-state index contributed by atoms with van der Waals surface area (Å²) in [6.45, 7) is 1.29. The molecule has 126 valence electrons. The van der Waals surface area contributed by atoms with Crippen molar-refractivity contribution in [3.8, 4) is 5.75 Å². The standard InChI is InChI=1S/C13H15ClN2O6S/c1-13(4-5-23(20,21)8-13)15-12(17)7-22-11-3-2-9(16(18)19)6-10(11)14/h2-3,6H,4-5,7-8H2,1H3,(H,15,17)/t13-/m1/s1. The van der Waals surface area contributed by atoms with Crippen LogP contribution < -0.4 is 10.1 Å². The Hall–Kier alpha value is -1.87. The highest BCUT2D eigenvalue weighted by molar-refractivity contribution is 7.91. The molecule has 1 heterocycles. The predicted molar refractivity (Wildman–Crippen MR) is 83.4 cm³/mol. The van der Waals surface area contributed by atoms with Crippen molar-refractivity contribution in [1.29, 1.82) is 0 Å². The van der Waals surface area contributed by atoms with E-state index in [9.17, 15) is 23.3 Å². The van der Waals surface area contributed by atoms with Crippen LogP contribution in [0.15, 0.2) is 18.2 Å². The zero-order chi connectivity index (χ0) is 17.3. The maximum Gasteiger partial charge on any atom is 0.271 e. The van der Waals surface area contributed by atoms with Crippen LogP contribution in [-0.2, 0) is 14.6 Å². The number of benzene rings is 1. The Bertz CT molecular complexity index is 751. The van der Waals surface area contributed by atoms with Crippen LogP contribution in [0.1, 0.15) is 13.3 Å². The molecule has 10 heteroatoms. The molecule has 0 saturated carbocycles. The number of amides is 1. The van der Waals surface area contributed by atoms with Crippen LogP contribution in [0, 0.1) is 10.1 Å². The van der Waals surface area contributed by atoms with Gasteiger partial charge >= 0.3 is 0 Å². The largest absolute Gasteiger partial charge is 0.482 e. The highest BCUT2D eigenvalue weighted by Crippen LogP contribution is 2.28. The molecule has 1 aliphatic rings. The zero-order valence-corrected chi connectivity index (χ0v) is 13.8. The summed E-state index contributed by atoms with van der Waals surface area (Å²) in [6, 6.07) is 3.64. The Balaban J connectivity index is 1.94. The summed E-state index contributed by atoms with van der Waals surface area (Å²) in [5.41, 5.74) is -0.992. The lowest BCUT2D eigenvalue weighted by Crippen LogP contribution is -2.48. The number of hydrogen-bond acceptors (Lipinski definition) is 6. The molecule has 1 saturated heterocycles. The lowest BCUT2D eigenvalue weighted by atomic mass is 10.0. The molecule has 8 nitrogen and oxygen atoms in total. The van der Waals surface area contributed by atoms with Crippen LogP contribution >= 0.6 is 11.6 Å². The van der Waals surface area contributed by atoms with Crippen LogP contribution in [0.2, 0.25) is 5.02 Å². The highest BCUT2D eigenvalue weighted by Gasteiger charge is 2.39. The van der Waals surface area contributed by atoms with E-state index in [1.807, 2.05) is 0 Å². The fraction of sp³-hybridized carbons (Fsp3) is 0.462. The molecule has 1 atom stereocenters. The van der Waals surface area contributed by atoms with Gasteiger partial charge in [-0.15, -0.1) is 0 Å². The quantitative estimate of drug-likeness (QED) is 0.623. The molecular weight excluding hydrogens is 348 g/mol. The first kappa shape index (κ1) is 17.5. The number of carbonyl (C=O) groups excluding carboxylic acids is 1. The van der Waals surface area contributed by atoms with Crippen LogP contribution in [-0.4, -0.2) is 42.9 Å². The molecule has 0 spiro atoms. The Labute approximate surface area is 137 Å². The average molecular weight is 363 g/mol. The van der Waals surface area contributed by atoms with Crippen molar-refractivity contribution in [2.45, 2.75) is 18.9 Å². The van der Waals surface area contributed by atoms with Gasteiger partial charge in [-0.3, -0.25) is 14.9 Å². The molecule has 0 radical (unpaired) electrons. The maximum absolute atomic E-state index is 11.9. The Morgan fingerprint density at radius 2 is 2.22 bits per heavy atom. The lowest BCUT2D eigenvalue weighted by molar-refractivity contribution is -0.384. The third kappa shape index (κ3) is 4.55. The van der Waals surface area contributed by atoms with E-state index >= 15 is 0 Å². The second-order valence-corrected chi connectivity index (χ2v) is 8.20. The summed E-state index contributed by atoms with van der Waals surface area (Å²) in [7, 11) is -3.13. The van der Waals surface area contributed by atoms with Crippen molar-refractivity contribution in [2.75, 3.05) is 18.1 Å². The van der Waals surface area contributed by atoms with E-state index in [1.54, 1.807) is 6.92 Å². The maximum atomic E-state index is 11.9. The third-order valence-electron chi connectivity index (χ3n) is 3.43. The number of nitro groups is 1. The number of nitrogens with one attached hydrogen (secondary N) is 1. The van der Waals surface area contributed by atoms with Crippen molar-refractivity contribution in [1.82, 2.24) is 5.32 Å². The molecule has 1 amide bonds. The summed E-state index contributed by atoms with van der Waals surface area (Å²) in [5.74, 6) is -0.418. The molecule has 1 N–H and O–H groups in total. The van der Waals surface area contributed by atoms with Gasteiger partial charge in [0.05, 0.1) is 27.0 Å². The van der Waals surface area contributed by atoms with Gasteiger partial charge in [0.2, 0.25) is 0 Å². The monoisotopic (exact) mass is 362 g/mol. The summed E-state index contributed by atoms with van der Waals surface area (Å²) in [6.07, 6.45) is 0.347. The molecule has 1 aliphatic heterocycles. The normalized spacial score (nSPS) is 22.5. The number of non-ortho nitro benzene ring substituents is 1. The predicted octanol–water partition coefficient (Wildman–Crippen LogP) is 1.32. The highest BCUT2D eigenvalue weighted by atomic mass is 35.5. The summed E-state index contributed by atoms with van der Waals surface area (Å²) < 4.78 is 28.2. The number of ether oxygens (including phenoxy) is 1. The first-order valence-corrected chi connectivity index (χ1v) is 8.88. The number of sulfone groups is 1. The van der Waals surface area contributed by atoms with E-state index in [1.165, 1.54) is 12.1 Å². The van der Waals surface area contributed by atoms with Crippen molar-refractivity contribution in [2.24, 2.45) is 0 Å². The summed E-state index contributed by atoms with van der Waals surface area (Å²) >= 11 is 5.85. The van der Waals surface area contributed by atoms with Gasteiger partial charge in [0.25, 0.3) is 11.6 Å². The number of carbonyl (C=O) groups is 1. The molecular formula is C13H15ClN2O6S. The first-order chi connectivity index (χ1) is 10.6. The van der Waals surface area contributed by atoms with Gasteiger partial charge < -0.3 is 10.1 Å². The Morgan fingerprint density at radius 1 is 1.52 bits per heavy atom. The number of halogens is 1. The number of nitrogens with zero attached hydrogens (tertiary/aromatic N) is 1. The molecule has 2 rings (SSSR count). The minimum absolute atomic E-state index is 0.0154. The van der Waals surface area contributed by atoms with Gasteiger partial charge in [-0.25, -0.2) is 8.42 Å². The van der Waals surface area contributed by atoms with E-state index in [0.29, 0.717) is 6.42 Å². The zero-order valence-electron chi connectivity index (χ0n) is 12.2. The minimum atomic E-state index is -3.13. The number of hydrogen-bond donors (Lipinski definition) is 1. The van der Waals surface area contributed by atoms with Crippen LogP contribution in [0.5, 0.6) is 5.75 Å². The smallest absolute Gasteiger partial charge is 0.271 e. The fourth-order valence-electron chi connectivity index (χ4n) is 2.35. The lowest BCUT2D eigenvalue weighted by Gasteiger charge is -2.23. The fourth-order valence-corrected chi connectivity index (χ4v) is 4.67. The van der Waals surface area contributed by atoms with Crippen molar-refractivity contribution < 1.29 is 22.9 Å². The molecule has 0 aliphatic carbocycles. The van der Waals surface area contributed by atoms with Gasteiger partial charge in [-0.1, -0.05) is 11.6 Å².